The number of hydrogen-bond donors (Lipinski definition) is 1. The molecule has 0 aliphatic heterocycles. The van der Waals surface area contributed by atoms with E-state index in [1.54, 1.807) is 19.6 Å². The Morgan fingerprint density at radius 2 is 1.86 bits per heavy atom. The lowest BCUT2D eigenvalue weighted by atomic mass is 10.3. The molecule has 0 aliphatic carbocycles. The van der Waals surface area contributed by atoms with Gasteiger partial charge in [0.2, 0.25) is 17.8 Å². The third kappa shape index (κ3) is 3.62. The molecule has 21 heavy (non-hydrogen) atoms. The summed E-state index contributed by atoms with van der Waals surface area (Å²) in [6.45, 7) is 6.56. The average Bonchev–Trinajstić information content (AvgIpc) is 3.01. The molecule has 7 heteroatoms. The molecule has 0 saturated heterocycles. The Balaban J connectivity index is 2.27. The maximum absolute atomic E-state index is 5.09. The van der Waals surface area contributed by atoms with Crippen LogP contribution in [0.3, 0.4) is 0 Å². The van der Waals surface area contributed by atoms with Crippen molar-refractivity contribution in [3.63, 3.8) is 0 Å². The monoisotopic (exact) mass is 290 g/mol. The Bertz CT molecular complexity index is 553. The maximum atomic E-state index is 5.09. The number of aromatic nitrogens is 3. The predicted octanol–water partition coefficient (Wildman–Crippen LogP) is 1.99. The number of hydrogen-bond acceptors (Lipinski definition) is 7. The summed E-state index contributed by atoms with van der Waals surface area (Å²) in [7, 11) is 3.76. The van der Waals surface area contributed by atoms with Crippen LogP contribution in [0.25, 0.3) is 0 Å². The van der Waals surface area contributed by atoms with Crippen molar-refractivity contribution < 1.29 is 4.42 Å². The molecule has 2 aromatic heterocycles. The fourth-order valence-electron chi connectivity index (χ4n) is 2.01. The van der Waals surface area contributed by atoms with Gasteiger partial charge in [-0.15, -0.1) is 0 Å². The summed E-state index contributed by atoms with van der Waals surface area (Å²) < 4.78 is 5.09. The van der Waals surface area contributed by atoms with Crippen molar-refractivity contribution in [2.75, 3.05) is 42.3 Å². The van der Waals surface area contributed by atoms with Crippen molar-refractivity contribution in [3.05, 3.63) is 24.2 Å². The summed E-state index contributed by atoms with van der Waals surface area (Å²) in [4.78, 5) is 17.5. The minimum absolute atomic E-state index is 0.570. The van der Waals surface area contributed by atoms with Crippen molar-refractivity contribution in [3.8, 4) is 0 Å². The summed E-state index contributed by atoms with van der Waals surface area (Å²) in [5.41, 5.74) is 1.08. The molecule has 0 bridgehead atoms. The van der Waals surface area contributed by atoms with Crippen molar-refractivity contribution >= 4 is 17.8 Å². The number of anilines is 3. The van der Waals surface area contributed by atoms with Crippen LogP contribution in [-0.2, 0) is 6.54 Å². The lowest BCUT2D eigenvalue weighted by Crippen LogP contribution is -2.27. The Morgan fingerprint density at radius 1 is 1.14 bits per heavy atom. The molecule has 0 spiro atoms. The zero-order valence-corrected chi connectivity index (χ0v) is 13.0. The van der Waals surface area contributed by atoms with Crippen LogP contribution < -0.4 is 15.1 Å². The molecule has 2 heterocycles. The minimum Gasteiger partial charge on any atom is -0.472 e. The van der Waals surface area contributed by atoms with E-state index in [9.17, 15) is 0 Å². The molecule has 0 atom stereocenters. The standard InChI is InChI=1S/C14H22N6O/c1-5-20(6-2)14-17-12(15-3)16-13(18-14)19(4)9-11-7-8-21-10-11/h7-8,10H,5-6,9H2,1-4H3,(H,15,16,17,18). The average molecular weight is 290 g/mol. The molecule has 0 aromatic carbocycles. The molecule has 0 aliphatic rings. The van der Waals surface area contributed by atoms with Gasteiger partial charge in [0.15, 0.2) is 0 Å². The van der Waals surface area contributed by atoms with E-state index in [-0.39, 0.29) is 0 Å². The van der Waals surface area contributed by atoms with Gasteiger partial charge < -0.3 is 19.5 Å². The van der Waals surface area contributed by atoms with Gasteiger partial charge in [-0.05, 0) is 19.9 Å². The van der Waals surface area contributed by atoms with Gasteiger partial charge in [-0.3, -0.25) is 0 Å². The number of rotatable bonds is 7. The van der Waals surface area contributed by atoms with E-state index in [0.29, 0.717) is 24.4 Å². The predicted molar refractivity (Wildman–Crippen MR) is 83.7 cm³/mol. The van der Waals surface area contributed by atoms with E-state index >= 15 is 0 Å². The highest BCUT2D eigenvalue weighted by Gasteiger charge is 2.13. The van der Waals surface area contributed by atoms with Crippen molar-refractivity contribution in [1.82, 2.24) is 15.0 Å². The zero-order chi connectivity index (χ0) is 15.2. The zero-order valence-electron chi connectivity index (χ0n) is 13.0. The van der Waals surface area contributed by atoms with Crippen LogP contribution in [-0.4, -0.2) is 42.1 Å². The molecule has 1 N–H and O–H groups in total. The largest absolute Gasteiger partial charge is 0.472 e. The van der Waals surface area contributed by atoms with Gasteiger partial charge in [0, 0.05) is 39.3 Å². The highest BCUT2D eigenvalue weighted by molar-refractivity contribution is 5.44. The first-order valence-electron chi connectivity index (χ1n) is 7.08. The van der Waals surface area contributed by atoms with Gasteiger partial charge in [-0.25, -0.2) is 0 Å². The van der Waals surface area contributed by atoms with Crippen LogP contribution in [0.15, 0.2) is 23.0 Å². The van der Waals surface area contributed by atoms with Crippen molar-refractivity contribution in [1.29, 1.82) is 0 Å². The van der Waals surface area contributed by atoms with E-state index < -0.39 is 0 Å². The molecule has 7 nitrogen and oxygen atoms in total. The Morgan fingerprint density at radius 3 is 2.43 bits per heavy atom. The number of nitrogens with one attached hydrogen (secondary N) is 1. The van der Waals surface area contributed by atoms with Gasteiger partial charge in [-0.1, -0.05) is 0 Å². The van der Waals surface area contributed by atoms with Gasteiger partial charge in [0.05, 0.1) is 12.5 Å². The summed E-state index contributed by atoms with van der Waals surface area (Å²) in [6.07, 6.45) is 3.39. The fourth-order valence-corrected chi connectivity index (χ4v) is 2.01. The Labute approximate surface area is 125 Å². The summed E-state index contributed by atoms with van der Waals surface area (Å²) in [5, 5.41) is 2.99. The number of nitrogens with zero attached hydrogens (tertiary/aromatic N) is 5. The maximum Gasteiger partial charge on any atom is 0.232 e. The first-order chi connectivity index (χ1) is 10.2. The van der Waals surface area contributed by atoms with Crippen LogP contribution in [0.2, 0.25) is 0 Å². The molecule has 0 unspecified atom stereocenters. The van der Waals surface area contributed by atoms with Crippen LogP contribution >= 0.6 is 0 Å². The molecule has 114 valence electrons. The normalized spacial score (nSPS) is 10.5. The van der Waals surface area contributed by atoms with Crippen LogP contribution in [0.5, 0.6) is 0 Å². The molecule has 0 radical (unpaired) electrons. The summed E-state index contributed by atoms with van der Waals surface area (Å²) in [6, 6.07) is 1.93. The second-order valence-electron chi connectivity index (χ2n) is 4.67. The van der Waals surface area contributed by atoms with E-state index in [1.165, 1.54) is 0 Å². The first-order valence-corrected chi connectivity index (χ1v) is 7.08. The first kappa shape index (κ1) is 15.1. The van der Waals surface area contributed by atoms with Crippen LogP contribution in [0, 0.1) is 0 Å². The summed E-state index contributed by atoms with van der Waals surface area (Å²) >= 11 is 0. The lowest BCUT2D eigenvalue weighted by molar-refractivity contribution is 0.563. The molecular weight excluding hydrogens is 268 g/mol. The summed E-state index contributed by atoms with van der Waals surface area (Å²) in [5.74, 6) is 1.90. The molecule has 0 fully saturated rings. The highest BCUT2D eigenvalue weighted by Crippen LogP contribution is 2.17. The Hall–Kier alpha value is -2.31. The smallest absolute Gasteiger partial charge is 0.232 e. The molecule has 0 saturated carbocycles. The van der Waals surface area contributed by atoms with Gasteiger partial charge in [0.25, 0.3) is 0 Å². The second-order valence-corrected chi connectivity index (χ2v) is 4.67. The van der Waals surface area contributed by atoms with E-state index in [2.05, 4.69) is 39.0 Å². The quantitative estimate of drug-likeness (QED) is 0.836. The van der Waals surface area contributed by atoms with Gasteiger partial charge in [-0.2, -0.15) is 15.0 Å². The van der Waals surface area contributed by atoms with Gasteiger partial charge in [0.1, 0.15) is 0 Å². The molecular formula is C14H22N6O. The van der Waals surface area contributed by atoms with Crippen LogP contribution in [0.4, 0.5) is 17.8 Å². The highest BCUT2D eigenvalue weighted by atomic mass is 16.3. The van der Waals surface area contributed by atoms with Crippen LogP contribution in [0.1, 0.15) is 19.4 Å². The molecule has 0 amide bonds. The van der Waals surface area contributed by atoms with E-state index in [4.69, 9.17) is 4.42 Å². The lowest BCUT2D eigenvalue weighted by Gasteiger charge is -2.22. The van der Waals surface area contributed by atoms with Crippen molar-refractivity contribution in [2.45, 2.75) is 20.4 Å². The topological polar surface area (TPSA) is 70.3 Å². The number of furan rings is 1. The van der Waals surface area contributed by atoms with Crippen molar-refractivity contribution in [2.24, 2.45) is 0 Å². The molecule has 2 aromatic rings. The minimum atomic E-state index is 0.570. The SMILES string of the molecule is CCN(CC)c1nc(NC)nc(N(C)Cc2ccoc2)n1. The van der Waals surface area contributed by atoms with Gasteiger partial charge >= 0.3 is 0 Å². The third-order valence-electron chi connectivity index (χ3n) is 3.22. The second kappa shape index (κ2) is 6.92. The fraction of sp³-hybridized carbons (Fsp3) is 0.500. The Kier molecular flexibility index (Phi) is 4.97. The molecule has 2 rings (SSSR count). The third-order valence-corrected chi connectivity index (χ3v) is 3.22. The van der Waals surface area contributed by atoms with E-state index in [1.807, 2.05) is 18.0 Å². The van der Waals surface area contributed by atoms with E-state index in [0.717, 1.165) is 18.7 Å².